The third-order valence-electron chi connectivity index (χ3n) is 6.47. The number of halogens is 1. The number of hydrogen-bond acceptors (Lipinski definition) is 3. The molecule has 0 aromatic heterocycles. The Hall–Kier alpha value is -1.64. The number of aliphatic imine (C=N–C) groups is 1. The van der Waals surface area contributed by atoms with Gasteiger partial charge in [-0.05, 0) is 57.4 Å². The molecule has 2 unspecified atom stereocenters. The van der Waals surface area contributed by atoms with Gasteiger partial charge in [0.05, 0.1) is 6.10 Å². The fourth-order valence-electron chi connectivity index (χ4n) is 4.14. The summed E-state index contributed by atoms with van der Waals surface area (Å²) >= 11 is 0. The molecule has 0 bridgehead atoms. The molecule has 1 heterocycles. The Kier molecular flexibility index (Phi) is 11.6. The summed E-state index contributed by atoms with van der Waals surface area (Å²) in [6, 6.07) is 17.9. The molecule has 0 spiro atoms. The summed E-state index contributed by atoms with van der Waals surface area (Å²) in [5.41, 5.74) is 5.21. The van der Waals surface area contributed by atoms with Crippen LogP contribution >= 0.6 is 24.0 Å². The number of guanidine groups is 1. The lowest BCUT2D eigenvalue weighted by molar-refractivity contribution is -0.0265. The van der Waals surface area contributed by atoms with Gasteiger partial charge in [-0.2, -0.15) is 0 Å². The van der Waals surface area contributed by atoms with Crippen LogP contribution in [0.5, 0.6) is 0 Å². The normalized spacial score (nSPS) is 18.8. The van der Waals surface area contributed by atoms with Gasteiger partial charge >= 0.3 is 0 Å². The first-order valence-corrected chi connectivity index (χ1v) is 11.9. The van der Waals surface area contributed by atoms with Gasteiger partial charge < -0.3 is 15.4 Å². The Balaban J connectivity index is 0.00000385. The highest BCUT2D eigenvalue weighted by atomic mass is 127. The van der Waals surface area contributed by atoms with E-state index in [1.165, 1.54) is 22.3 Å². The molecule has 0 aliphatic carbocycles. The molecule has 2 atom stereocenters. The molecular formula is C27H41IN4O. The lowest BCUT2D eigenvalue weighted by Gasteiger charge is -2.32. The minimum Gasteiger partial charge on any atom is -0.373 e. The first kappa shape index (κ1) is 27.6. The molecule has 1 saturated heterocycles. The lowest BCUT2D eigenvalue weighted by Crippen LogP contribution is -2.41. The summed E-state index contributed by atoms with van der Waals surface area (Å²) in [6.45, 7) is 9.96. The first-order valence-electron chi connectivity index (χ1n) is 11.9. The van der Waals surface area contributed by atoms with Crippen LogP contribution in [0.1, 0.15) is 55.0 Å². The zero-order valence-electron chi connectivity index (χ0n) is 20.8. The monoisotopic (exact) mass is 564 g/mol. The second kappa shape index (κ2) is 13.9. The van der Waals surface area contributed by atoms with Crippen LogP contribution in [0.4, 0.5) is 0 Å². The maximum Gasteiger partial charge on any atom is 0.191 e. The van der Waals surface area contributed by atoms with Crippen LogP contribution in [0, 0.1) is 12.8 Å². The van der Waals surface area contributed by atoms with Crippen molar-refractivity contribution in [1.29, 1.82) is 0 Å². The van der Waals surface area contributed by atoms with Crippen LogP contribution in [0.15, 0.2) is 53.5 Å². The Labute approximate surface area is 217 Å². The molecule has 6 heteroatoms. The predicted octanol–water partition coefficient (Wildman–Crippen LogP) is 5.29. The van der Waals surface area contributed by atoms with Crippen molar-refractivity contribution in [1.82, 2.24) is 15.5 Å². The standard InChI is InChI=1S/C27H40N4O.HI/c1-20(2)31(5)19-25-10-7-6-9-23(25)17-29-27(28-4)30-18-24-11-8-16-32-26(24)22-14-12-21(3)13-15-22;/h6-7,9-10,12-15,20,24,26H,8,11,16-19H2,1-5H3,(H2,28,29,30);1H. The smallest absolute Gasteiger partial charge is 0.191 e. The molecule has 1 aliphatic rings. The van der Waals surface area contributed by atoms with E-state index >= 15 is 0 Å². The Morgan fingerprint density at radius 2 is 1.79 bits per heavy atom. The van der Waals surface area contributed by atoms with Gasteiger partial charge in [0, 0.05) is 45.2 Å². The summed E-state index contributed by atoms with van der Waals surface area (Å²) < 4.78 is 6.18. The Morgan fingerprint density at radius 1 is 1.09 bits per heavy atom. The van der Waals surface area contributed by atoms with Gasteiger partial charge in [0.1, 0.15) is 0 Å². The van der Waals surface area contributed by atoms with E-state index in [9.17, 15) is 0 Å². The molecule has 0 saturated carbocycles. The molecular weight excluding hydrogens is 523 g/mol. The second-order valence-electron chi connectivity index (χ2n) is 9.19. The zero-order chi connectivity index (χ0) is 22.9. The van der Waals surface area contributed by atoms with Crippen molar-refractivity contribution in [3.63, 3.8) is 0 Å². The highest BCUT2D eigenvalue weighted by molar-refractivity contribution is 14.0. The van der Waals surface area contributed by atoms with Crippen LogP contribution < -0.4 is 10.6 Å². The van der Waals surface area contributed by atoms with E-state index in [0.29, 0.717) is 12.0 Å². The van der Waals surface area contributed by atoms with Crippen LogP contribution in [0.3, 0.4) is 0 Å². The highest BCUT2D eigenvalue weighted by Gasteiger charge is 2.27. The fraction of sp³-hybridized carbons (Fsp3) is 0.519. The van der Waals surface area contributed by atoms with Crippen molar-refractivity contribution in [3.8, 4) is 0 Å². The molecule has 3 rings (SSSR count). The summed E-state index contributed by atoms with van der Waals surface area (Å²) in [5.74, 6) is 1.27. The summed E-state index contributed by atoms with van der Waals surface area (Å²) in [4.78, 5) is 6.82. The van der Waals surface area contributed by atoms with Gasteiger partial charge in [0.15, 0.2) is 5.96 Å². The first-order chi connectivity index (χ1) is 15.5. The van der Waals surface area contributed by atoms with Crippen LogP contribution in [0.2, 0.25) is 0 Å². The largest absolute Gasteiger partial charge is 0.373 e. The minimum absolute atomic E-state index is 0. The number of hydrogen-bond donors (Lipinski definition) is 2. The SMILES string of the molecule is CN=C(NCc1ccccc1CN(C)C(C)C)NCC1CCCOC1c1ccc(C)cc1.I. The van der Waals surface area contributed by atoms with E-state index < -0.39 is 0 Å². The van der Waals surface area contributed by atoms with Gasteiger partial charge in [-0.1, -0.05) is 54.1 Å². The van der Waals surface area contributed by atoms with Gasteiger partial charge in [0.25, 0.3) is 0 Å². The van der Waals surface area contributed by atoms with E-state index in [1.807, 2.05) is 7.05 Å². The number of aryl methyl sites for hydroxylation is 1. The highest BCUT2D eigenvalue weighted by Crippen LogP contribution is 2.33. The van der Waals surface area contributed by atoms with E-state index in [2.05, 4.69) is 96.9 Å². The van der Waals surface area contributed by atoms with E-state index in [1.54, 1.807) is 0 Å². The third-order valence-corrected chi connectivity index (χ3v) is 6.47. The third kappa shape index (κ3) is 8.26. The Bertz CT molecular complexity index is 869. The van der Waals surface area contributed by atoms with Crippen molar-refractivity contribution in [2.45, 2.75) is 58.8 Å². The van der Waals surface area contributed by atoms with Crippen molar-refractivity contribution in [2.24, 2.45) is 10.9 Å². The number of benzene rings is 2. The van der Waals surface area contributed by atoms with Crippen molar-refractivity contribution >= 4 is 29.9 Å². The van der Waals surface area contributed by atoms with Gasteiger partial charge in [-0.3, -0.25) is 9.89 Å². The van der Waals surface area contributed by atoms with Crippen LogP contribution in [0.25, 0.3) is 0 Å². The number of nitrogens with zero attached hydrogens (tertiary/aromatic N) is 2. The van der Waals surface area contributed by atoms with E-state index in [-0.39, 0.29) is 30.1 Å². The van der Waals surface area contributed by atoms with Crippen molar-refractivity contribution < 1.29 is 4.74 Å². The van der Waals surface area contributed by atoms with E-state index in [0.717, 1.165) is 45.0 Å². The maximum atomic E-state index is 6.18. The average molecular weight is 565 g/mol. The predicted molar refractivity (Wildman–Crippen MR) is 149 cm³/mol. The van der Waals surface area contributed by atoms with Gasteiger partial charge in [-0.15, -0.1) is 24.0 Å². The quantitative estimate of drug-likeness (QED) is 0.260. The molecule has 0 amide bonds. The molecule has 1 fully saturated rings. The summed E-state index contributed by atoms with van der Waals surface area (Å²) in [7, 11) is 4.01. The minimum atomic E-state index is 0. The molecule has 5 nitrogen and oxygen atoms in total. The van der Waals surface area contributed by atoms with Gasteiger partial charge in [-0.25, -0.2) is 0 Å². The maximum absolute atomic E-state index is 6.18. The molecule has 0 radical (unpaired) electrons. The molecule has 2 aromatic rings. The molecule has 33 heavy (non-hydrogen) atoms. The van der Waals surface area contributed by atoms with Crippen molar-refractivity contribution in [3.05, 3.63) is 70.8 Å². The topological polar surface area (TPSA) is 48.9 Å². The Morgan fingerprint density at radius 3 is 2.45 bits per heavy atom. The van der Waals surface area contributed by atoms with Crippen molar-refractivity contribution in [2.75, 3.05) is 27.2 Å². The fourth-order valence-corrected chi connectivity index (χ4v) is 4.14. The average Bonchev–Trinajstić information content (AvgIpc) is 2.81. The van der Waals surface area contributed by atoms with E-state index in [4.69, 9.17) is 4.74 Å². The molecule has 2 aromatic carbocycles. The zero-order valence-corrected chi connectivity index (χ0v) is 23.1. The molecule has 1 aliphatic heterocycles. The van der Waals surface area contributed by atoms with Crippen LogP contribution in [-0.4, -0.2) is 44.1 Å². The second-order valence-corrected chi connectivity index (χ2v) is 9.19. The van der Waals surface area contributed by atoms with Crippen LogP contribution in [-0.2, 0) is 17.8 Å². The molecule has 2 N–H and O–H groups in total. The number of rotatable bonds is 8. The molecule has 182 valence electrons. The number of ether oxygens (including phenoxy) is 1. The summed E-state index contributed by atoms with van der Waals surface area (Å²) in [6.07, 6.45) is 2.41. The number of nitrogens with one attached hydrogen (secondary N) is 2. The summed E-state index contributed by atoms with van der Waals surface area (Å²) in [5, 5.41) is 7.06. The lowest BCUT2D eigenvalue weighted by atomic mass is 9.89. The van der Waals surface area contributed by atoms with Gasteiger partial charge in [0.2, 0.25) is 0 Å².